The van der Waals surface area contributed by atoms with E-state index in [1.807, 2.05) is 0 Å². The Morgan fingerprint density at radius 1 is 1.17 bits per heavy atom. The zero-order chi connectivity index (χ0) is 13.7. The van der Waals surface area contributed by atoms with Crippen molar-refractivity contribution in [1.82, 2.24) is 0 Å². The van der Waals surface area contributed by atoms with Crippen molar-refractivity contribution in [2.24, 2.45) is 11.3 Å². The van der Waals surface area contributed by atoms with Gasteiger partial charge in [0.05, 0.1) is 8.07 Å². The second kappa shape index (κ2) is 4.21. The molecule has 1 fully saturated rings. The summed E-state index contributed by atoms with van der Waals surface area (Å²) in [6, 6.07) is 8.82. The maximum Gasteiger partial charge on any atom is 0.225 e. The van der Waals surface area contributed by atoms with Crippen molar-refractivity contribution in [3.63, 3.8) is 0 Å². The Bertz CT molecular complexity index is 470. The standard InChI is InChI=1S/C15H21ClOSi/c1-15(2)12(13(15)14(16)17)10-6-8-11(9-7-10)18(3,4)5/h6-9,12-13H,1-5H3. The monoisotopic (exact) mass is 280 g/mol. The van der Waals surface area contributed by atoms with Crippen LogP contribution in [-0.2, 0) is 4.79 Å². The van der Waals surface area contributed by atoms with Crippen molar-refractivity contribution < 1.29 is 4.79 Å². The van der Waals surface area contributed by atoms with Gasteiger partial charge in [-0.15, -0.1) is 0 Å². The molecule has 1 aromatic carbocycles. The molecule has 0 saturated heterocycles. The minimum absolute atomic E-state index is 0.0134. The second-order valence-corrected chi connectivity index (χ2v) is 12.4. The lowest BCUT2D eigenvalue weighted by Gasteiger charge is -2.17. The van der Waals surface area contributed by atoms with Crippen LogP contribution in [-0.4, -0.2) is 13.3 Å². The Morgan fingerprint density at radius 3 is 2.00 bits per heavy atom. The summed E-state index contributed by atoms with van der Waals surface area (Å²) in [7, 11) is -1.24. The Morgan fingerprint density at radius 2 is 1.67 bits per heavy atom. The molecule has 0 heterocycles. The maximum atomic E-state index is 11.4. The number of benzene rings is 1. The summed E-state index contributed by atoms with van der Waals surface area (Å²) in [4.78, 5) is 11.4. The topological polar surface area (TPSA) is 17.1 Å². The number of carbonyl (C=O) groups excluding carboxylic acids is 1. The van der Waals surface area contributed by atoms with Gasteiger partial charge < -0.3 is 0 Å². The molecule has 3 heteroatoms. The van der Waals surface area contributed by atoms with Crippen LogP contribution in [0.1, 0.15) is 25.3 Å². The smallest absolute Gasteiger partial charge is 0.225 e. The molecule has 1 aliphatic rings. The minimum Gasteiger partial charge on any atom is -0.281 e. The Kier molecular flexibility index (Phi) is 3.23. The zero-order valence-electron chi connectivity index (χ0n) is 11.8. The molecular formula is C15H21ClOSi. The fraction of sp³-hybridized carbons (Fsp3) is 0.533. The van der Waals surface area contributed by atoms with E-state index < -0.39 is 8.07 Å². The summed E-state index contributed by atoms with van der Waals surface area (Å²) < 4.78 is 0. The van der Waals surface area contributed by atoms with Gasteiger partial charge >= 0.3 is 0 Å². The van der Waals surface area contributed by atoms with Crippen LogP contribution < -0.4 is 5.19 Å². The van der Waals surface area contributed by atoms with E-state index in [-0.39, 0.29) is 22.5 Å². The fourth-order valence-electron chi connectivity index (χ4n) is 2.87. The molecule has 1 aliphatic carbocycles. The number of carbonyl (C=O) groups is 1. The van der Waals surface area contributed by atoms with Crippen molar-refractivity contribution in [2.75, 3.05) is 0 Å². The first kappa shape index (κ1) is 13.8. The summed E-state index contributed by atoms with van der Waals surface area (Å²) in [5.74, 6) is 0.273. The fourth-order valence-corrected chi connectivity index (χ4v) is 4.45. The predicted molar refractivity (Wildman–Crippen MR) is 80.3 cm³/mol. The van der Waals surface area contributed by atoms with Crippen molar-refractivity contribution in [3.05, 3.63) is 29.8 Å². The molecule has 1 nitrogen and oxygen atoms in total. The number of hydrogen-bond acceptors (Lipinski definition) is 1. The van der Waals surface area contributed by atoms with E-state index >= 15 is 0 Å². The van der Waals surface area contributed by atoms with Crippen LogP contribution in [0.25, 0.3) is 0 Å². The molecule has 0 aromatic heterocycles. The molecule has 2 atom stereocenters. The van der Waals surface area contributed by atoms with E-state index in [4.69, 9.17) is 11.6 Å². The third kappa shape index (κ3) is 2.28. The van der Waals surface area contributed by atoms with Crippen LogP contribution in [0.5, 0.6) is 0 Å². The lowest BCUT2D eigenvalue weighted by Crippen LogP contribution is -2.37. The van der Waals surface area contributed by atoms with Gasteiger partial charge in [0.1, 0.15) is 0 Å². The molecule has 1 aromatic rings. The largest absolute Gasteiger partial charge is 0.281 e. The van der Waals surface area contributed by atoms with Gasteiger partial charge in [0.25, 0.3) is 0 Å². The summed E-state index contributed by atoms with van der Waals surface area (Å²) >= 11 is 5.68. The molecule has 0 amide bonds. The Labute approximate surface area is 116 Å². The Balaban J connectivity index is 2.25. The van der Waals surface area contributed by atoms with Crippen molar-refractivity contribution in [2.45, 2.75) is 39.4 Å². The summed E-state index contributed by atoms with van der Waals surface area (Å²) in [5.41, 5.74) is 1.26. The second-order valence-electron chi connectivity index (χ2n) is 6.95. The quantitative estimate of drug-likeness (QED) is 0.609. The first-order valence-electron chi connectivity index (χ1n) is 6.45. The molecule has 0 aliphatic heterocycles. The summed E-state index contributed by atoms with van der Waals surface area (Å²) in [6.45, 7) is 11.3. The van der Waals surface area contributed by atoms with Gasteiger partial charge in [0.2, 0.25) is 5.24 Å². The highest BCUT2D eigenvalue weighted by Crippen LogP contribution is 2.65. The Hall–Kier alpha value is -0.603. The van der Waals surface area contributed by atoms with Crippen LogP contribution in [0.3, 0.4) is 0 Å². The number of halogens is 1. The molecule has 18 heavy (non-hydrogen) atoms. The van der Waals surface area contributed by atoms with Crippen LogP contribution in [0.2, 0.25) is 19.6 Å². The van der Waals surface area contributed by atoms with E-state index in [0.29, 0.717) is 0 Å². The third-order valence-corrected chi connectivity index (χ3v) is 6.51. The highest BCUT2D eigenvalue weighted by Gasteiger charge is 2.61. The van der Waals surface area contributed by atoms with Gasteiger partial charge in [0.15, 0.2) is 0 Å². The first-order valence-corrected chi connectivity index (χ1v) is 10.3. The average Bonchev–Trinajstić information content (AvgIpc) is 2.80. The van der Waals surface area contributed by atoms with Gasteiger partial charge in [-0.3, -0.25) is 4.79 Å². The van der Waals surface area contributed by atoms with E-state index in [2.05, 4.69) is 57.8 Å². The lowest BCUT2D eigenvalue weighted by atomic mass is 10.0. The molecular weight excluding hydrogens is 260 g/mol. The molecule has 98 valence electrons. The minimum atomic E-state index is -1.24. The average molecular weight is 281 g/mol. The maximum absolute atomic E-state index is 11.4. The van der Waals surface area contributed by atoms with Crippen molar-refractivity contribution >= 4 is 30.1 Å². The van der Waals surface area contributed by atoms with E-state index in [1.165, 1.54) is 10.8 Å². The number of hydrogen-bond donors (Lipinski definition) is 0. The van der Waals surface area contributed by atoms with E-state index in [0.717, 1.165) is 0 Å². The predicted octanol–water partition coefficient (Wildman–Crippen LogP) is 3.74. The molecule has 1 saturated carbocycles. The van der Waals surface area contributed by atoms with E-state index in [9.17, 15) is 4.79 Å². The molecule has 2 rings (SSSR count). The number of rotatable bonds is 3. The van der Waals surface area contributed by atoms with Crippen molar-refractivity contribution in [3.8, 4) is 0 Å². The molecule has 0 N–H and O–H groups in total. The van der Waals surface area contributed by atoms with Crippen molar-refractivity contribution in [1.29, 1.82) is 0 Å². The third-order valence-electron chi connectivity index (χ3n) is 4.21. The normalized spacial score (nSPS) is 25.9. The molecule has 0 radical (unpaired) electrons. The molecule has 0 bridgehead atoms. The van der Waals surface area contributed by atoms with Crippen LogP contribution in [0.15, 0.2) is 24.3 Å². The van der Waals surface area contributed by atoms with Gasteiger partial charge in [-0.2, -0.15) is 0 Å². The summed E-state index contributed by atoms with van der Waals surface area (Å²) in [5, 5.41) is 1.26. The van der Waals surface area contributed by atoms with E-state index in [1.54, 1.807) is 0 Å². The van der Waals surface area contributed by atoms with Crippen LogP contribution in [0.4, 0.5) is 0 Å². The highest BCUT2D eigenvalue weighted by atomic mass is 35.5. The van der Waals surface area contributed by atoms with Gasteiger partial charge in [0, 0.05) is 11.8 Å². The first-order chi connectivity index (χ1) is 8.15. The summed E-state index contributed by atoms with van der Waals surface area (Å²) in [6.07, 6.45) is 0. The van der Waals surface area contributed by atoms with Gasteiger partial charge in [-0.1, -0.05) is 62.9 Å². The van der Waals surface area contributed by atoms with Gasteiger partial charge in [-0.05, 0) is 22.6 Å². The SMILES string of the molecule is CC1(C)C(C(=O)Cl)C1c1ccc([Si](C)(C)C)cc1. The zero-order valence-corrected chi connectivity index (χ0v) is 13.5. The van der Waals surface area contributed by atoms with Gasteiger partial charge in [-0.25, -0.2) is 0 Å². The molecule has 0 spiro atoms. The van der Waals surface area contributed by atoms with Crippen LogP contribution in [0, 0.1) is 11.3 Å². The highest BCUT2D eigenvalue weighted by molar-refractivity contribution is 6.88. The lowest BCUT2D eigenvalue weighted by molar-refractivity contribution is -0.113. The molecule has 2 unspecified atom stereocenters. The van der Waals surface area contributed by atoms with Crippen LogP contribution >= 0.6 is 11.6 Å².